The van der Waals surface area contributed by atoms with Gasteiger partial charge in [0.1, 0.15) is 5.82 Å². The van der Waals surface area contributed by atoms with Crippen LogP contribution in [0.1, 0.15) is 44.6 Å². The molecule has 1 aromatic heterocycles. The fraction of sp³-hybridized carbons (Fsp3) is 0.733. The highest BCUT2D eigenvalue weighted by atomic mass is 16.2. The molecule has 2 heterocycles. The number of carbonyl (C=O) groups is 1. The zero-order valence-electron chi connectivity index (χ0n) is 12.9. The van der Waals surface area contributed by atoms with E-state index < -0.39 is 0 Å². The van der Waals surface area contributed by atoms with Crippen LogP contribution in [-0.4, -0.2) is 34.1 Å². The van der Waals surface area contributed by atoms with Crippen LogP contribution in [0.25, 0.3) is 0 Å². The number of hydrogen-bond donors (Lipinski definition) is 1. The van der Waals surface area contributed by atoms with Crippen LogP contribution in [0.2, 0.25) is 0 Å². The van der Waals surface area contributed by atoms with Gasteiger partial charge in [0.05, 0.1) is 12.2 Å². The molecule has 0 bridgehead atoms. The van der Waals surface area contributed by atoms with Crippen LogP contribution < -0.4 is 5.32 Å². The van der Waals surface area contributed by atoms with Gasteiger partial charge in [-0.1, -0.05) is 20.3 Å². The summed E-state index contributed by atoms with van der Waals surface area (Å²) < 4.78 is 2.22. The Balaban J connectivity index is 1.82. The summed E-state index contributed by atoms with van der Waals surface area (Å²) in [5.74, 6) is 1.69. The number of aryl methyl sites for hydroxylation is 2. The van der Waals surface area contributed by atoms with E-state index in [0.717, 1.165) is 37.4 Å². The maximum absolute atomic E-state index is 12.0. The first-order valence-electron chi connectivity index (χ1n) is 7.64. The van der Waals surface area contributed by atoms with Crippen molar-refractivity contribution in [1.82, 2.24) is 19.8 Å². The molecule has 5 heteroatoms. The third kappa shape index (κ3) is 3.74. The average molecular weight is 278 g/mol. The molecule has 0 spiro atoms. The van der Waals surface area contributed by atoms with Crippen LogP contribution in [0.4, 0.5) is 4.79 Å². The van der Waals surface area contributed by atoms with E-state index in [-0.39, 0.29) is 6.03 Å². The summed E-state index contributed by atoms with van der Waals surface area (Å²) in [5.41, 5.74) is 0.965. The van der Waals surface area contributed by atoms with Gasteiger partial charge in [0.2, 0.25) is 0 Å². The number of aromatic nitrogens is 2. The Bertz CT molecular complexity index is 431. The molecule has 112 valence electrons. The lowest BCUT2D eigenvalue weighted by Crippen LogP contribution is -2.39. The third-order valence-corrected chi connectivity index (χ3v) is 4.01. The van der Waals surface area contributed by atoms with Crippen LogP contribution in [0.3, 0.4) is 0 Å². The van der Waals surface area contributed by atoms with E-state index in [0.29, 0.717) is 12.5 Å². The van der Waals surface area contributed by atoms with Crippen LogP contribution in [0.5, 0.6) is 0 Å². The summed E-state index contributed by atoms with van der Waals surface area (Å²) in [7, 11) is 1.85. The van der Waals surface area contributed by atoms with E-state index in [1.807, 2.05) is 7.05 Å². The lowest BCUT2D eigenvalue weighted by atomic mass is 10.1. The predicted octanol–water partition coefficient (Wildman–Crippen LogP) is 2.41. The van der Waals surface area contributed by atoms with Crippen molar-refractivity contribution in [3.63, 3.8) is 0 Å². The molecule has 0 radical (unpaired) electrons. The lowest BCUT2D eigenvalue weighted by molar-refractivity contribution is 0.201. The SMILES string of the molecule is CCC(C)CN(C)C(=O)NCc1cn2c(n1)CCCC2. The van der Waals surface area contributed by atoms with Gasteiger partial charge in [0.25, 0.3) is 0 Å². The molecule has 20 heavy (non-hydrogen) atoms. The minimum absolute atomic E-state index is 0.0173. The summed E-state index contributed by atoms with van der Waals surface area (Å²) in [5, 5.41) is 2.95. The summed E-state index contributed by atoms with van der Waals surface area (Å²) in [6.07, 6.45) is 6.67. The van der Waals surface area contributed by atoms with Crippen LogP contribution in [-0.2, 0) is 19.5 Å². The topological polar surface area (TPSA) is 50.2 Å². The van der Waals surface area contributed by atoms with E-state index >= 15 is 0 Å². The van der Waals surface area contributed by atoms with Crippen molar-refractivity contribution < 1.29 is 4.79 Å². The number of carbonyl (C=O) groups excluding carboxylic acids is 1. The minimum Gasteiger partial charge on any atom is -0.335 e. The molecule has 1 unspecified atom stereocenters. The summed E-state index contributed by atoms with van der Waals surface area (Å²) in [6.45, 7) is 6.68. The molecule has 1 aliphatic rings. The smallest absolute Gasteiger partial charge is 0.317 e. The number of imidazole rings is 1. The largest absolute Gasteiger partial charge is 0.335 e. The Morgan fingerprint density at radius 2 is 2.35 bits per heavy atom. The van der Waals surface area contributed by atoms with Gasteiger partial charge in [-0.15, -0.1) is 0 Å². The van der Waals surface area contributed by atoms with E-state index in [1.165, 1.54) is 12.8 Å². The predicted molar refractivity (Wildman–Crippen MR) is 79.5 cm³/mol. The highest BCUT2D eigenvalue weighted by molar-refractivity contribution is 5.73. The molecular weight excluding hydrogens is 252 g/mol. The van der Waals surface area contributed by atoms with Gasteiger partial charge in [-0.3, -0.25) is 0 Å². The van der Waals surface area contributed by atoms with Crippen molar-refractivity contribution in [2.24, 2.45) is 5.92 Å². The number of urea groups is 1. The molecular formula is C15H26N4O. The number of nitrogens with zero attached hydrogens (tertiary/aromatic N) is 3. The fourth-order valence-electron chi connectivity index (χ4n) is 2.54. The van der Waals surface area contributed by atoms with Gasteiger partial charge >= 0.3 is 6.03 Å². The molecule has 0 saturated carbocycles. The van der Waals surface area contributed by atoms with Crippen molar-refractivity contribution >= 4 is 6.03 Å². The first-order valence-corrected chi connectivity index (χ1v) is 7.64. The molecule has 2 rings (SSSR count). The lowest BCUT2D eigenvalue weighted by Gasteiger charge is -2.20. The number of hydrogen-bond acceptors (Lipinski definition) is 2. The highest BCUT2D eigenvalue weighted by Gasteiger charge is 2.14. The van der Waals surface area contributed by atoms with Gasteiger partial charge in [-0.25, -0.2) is 9.78 Å². The molecule has 1 aliphatic heterocycles. The molecule has 0 aromatic carbocycles. The summed E-state index contributed by atoms with van der Waals surface area (Å²) >= 11 is 0. The van der Waals surface area contributed by atoms with Gasteiger partial charge in [0, 0.05) is 32.8 Å². The van der Waals surface area contributed by atoms with Crippen molar-refractivity contribution in [3.8, 4) is 0 Å². The molecule has 0 aliphatic carbocycles. The summed E-state index contributed by atoms with van der Waals surface area (Å²) in [6, 6.07) is -0.0173. The van der Waals surface area contributed by atoms with Gasteiger partial charge in [-0.05, 0) is 18.8 Å². The standard InChI is InChI=1S/C15H26N4O/c1-4-12(2)10-18(3)15(20)16-9-13-11-19-8-6-5-7-14(19)17-13/h11-12H,4-10H2,1-3H3,(H,16,20). The zero-order chi connectivity index (χ0) is 14.5. The zero-order valence-corrected chi connectivity index (χ0v) is 12.9. The monoisotopic (exact) mass is 278 g/mol. The first-order chi connectivity index (χ1) is 9.60. The highest BCUT2D eigenvalue weighted by Crippen LogP contribution is 2.14. The molecule has 2 amide bonds. The summed E-state index contributed by atoms with van der Waals surface area (Å²) in [4.78, 5) is 18.3. The number of rotatable bonds is 5. The second-order valence-corrected chi connectivity index (χ2v) is 5.85. The second kappa shape index (κ2) is 6.77. The van der Waals surface area contributed by atoms with Crippen LogP contribution in [0.15, 0.2) is 6.20 Å². The Kier molecular flexibility index (Phi) is 5.04. The molecule has 0 saturated heterocycles. The van der Waals surface area contributed by atoms with E-state index in [1.54, 1.807) is 4.90 Å². The molecule has 0 fully saturated rings. The fourth-order valence-corrected chi connectivity index (χ4v) is 2.54. The van der Waals surface area contributed by atoms with E-state index in [2.05, 4.69) is 34.9 Å². The van der Waals surface area contributed by atoms with Gasteiger partial charge in [0.15, 0.2) is 0 Å². The number of nitrogens with one attached hydrogen (secondary N) is 1. The molecule has 1 aromatic rings. The Labute approximate surface area is 121 Å². The third-order valence-electron chi connectivity index (χ3n) is 4.01. The second-order valence-electron chi connectivity index (χ2n) is 5.85. The quantitative estimate of drug-likeness (QED) is 0.899. The van der Waals surface area contributed by atoms with Crippen molar-refractivity contribution in [1.29, 1.82) is 0 Å². The maximum Gasteiger partial charge on any atom is 0.317 e. The number of amides is 2. The average Bonchev–Trinajstić information content (AvgIpc) is 2.87. The van der Waals surface area contributed by atoms with Gasteiger partial charge < -0.3 is 14.8 Å². The molecule has 1 atom stereocenters. The normalized spacial score (nSPS) is 15.6. The van der Waals surface area contributed by atoms with Gasteiger partial charge in [-0.2, -0.15) is 0 Å². The Hall–Kier alpha value is -1.52. The van der Waals surface area contributed by atoms with Crippen molar-refractivity contribution in [2.75, 3.05) is 13.6 Å². The van der Waals surface area contributed by atoms with Crippen LogP contribution in [0, 0.1) is 5.92 Å². The minimum atomic E-state index is -0.0173. The maximum atomic E-state index is 12.0. The Morgan fingerprint density at radius 3 is 3.05 bits per heavy atom. The van der Waals surface area contributed by atoms with E-state index in [9.17, 15) is 4.79 Å². The molecule has 1 N–H and O–H groups in total. The Morgan fingerprint density at radius 1 is 1.55 bits per heavy atom. The molecule has 5 nitrogen and oxygen atoms in total. The number of fused-ring (bicyclic) bond motifs is 1. The van der Waals surface area contributed by atoms with Crippen molar-refractivity contribution in [2.45, 2.75) is 52.6 Å². The van der Waals surface area contributed by atoms with Crippen molar-refractivity contribution in [3.05, 3.63) is 17.7 Å². The van der Waals surface area contributed by atoms with Crippen LogP contribution >= 0.6 is 0 Å². The van der Waals surface area contributed by atoms with E-state index in [4.69, 9.17) is 0 Å². The first kappa shape index (κ1) is 14.9.